The Morgan fingerprint density at radius 1 is 1.52 bits per heavy atom. The van der Waals surface area contributed by atoms with Gasteiger partial charge in [0, 0.05) is 49.2 Å². The topological polar surface area (TPSA) is 56.7 Å². The summed E-state index contributed by atoms with van der Waals surface area (Å²) < 4.78 is 14.5. The summed E-state index contributed by atoms with van der Waals surface area (Å²) in [5, 5.41) is 6.40. The molecule has 1 aliphatic rings. The average Bonchev–Trinajstić information content (AvgIpc) is 3.00. The summed E-state index contributed by atoms with van der Waals surface area (Å²) in [6.45, 7) is 3.67. The first kappa shape index (κ1) is 17.7. The van der Waals surface area contributed by atoms with Crippen molar-refractivity contribution in [1.82, 2.24) is 15.5 Å². The van der Waals surface area contributed by atoms with Crippen molar-refractivity contribution in [3.8, 4) is 0 Å². The van der Waals surface area contributed by atoms with Crippen LogP contribution in [0.4, 0.5) is 4.39 Å². The van der Waals surface area contributed by atoms with Gasteiger partial charge in [-0.2, -0.15) is 0 Å². The number of aliphatic imine (C=N–C) groups is 1. The van der Waals surface area contributed by atoms with Crippen LogP contribution in [0, 0.1) is 5.82 Å². The van der Waals surface area contributed by atoms with Crippen LogP contribution in [0.3, 0.4) is 0 Å². The average molecular weight is 385 g/mol. The van der Waals surface area contributed by atoms with Crippen LogP contribution in [0.15, 0.2) is 27.7 Å². The monoisotopic (exact) mass is 384 g/mol. The van der Waals surface area contributed by atoms with Crippen molar-refractivity contribution >= 4 is 27.8 Å². The van der Waals surface area contributed by atoms with Crippen molar-refractivity contribution in [2.24, 2.45) is 4.99 Å². The zero-order valence-corrected chi connectivity index (χ0v) is 15.0. The smallest absolute Gasteiger partial charge is 0.222 e. The minimum absolute atomic E-state index is 0.173. The maximum atomic E-state index is 13.8. The van der Waals surface area contributed by atoms with E-state index in [-0.39, 0.29) is 17.8 Å². The third-order valence-corrected chi connectivity index (χ3v) is 4.36. The van der Waals surface area contributed by atoms with E-state index in [2.05, 4.69) is 31.6 Å². The quantitative estimate of drug-likeness (QED) is 0.618. The van der Waals surface area contributed by atoms with Crippen molar-refractivity contribution in [1.29, 1.82) is 0 Å². The highest BCUT2D eigenvalue weighted by Gasteiger charge is 2.25. The van der Waals surface area contributed by atoms with E-state index in [1.807, 2.05) is 17.9 Å². The van der Waals surface area contributed by atoms with E-state index in [9.17, 15) is 9.18 Å². The van der Waals surface area contributed by atoms with Gasteiger partial charge >= 0.3 is 0 Å². The molecule has 1 unspecified atom stereocenters. The number of benzene rings is 1. The molecule has 1 atom stereocenters. The number of rotatable bonds is 4. The largest absolute Gasteiger partial charge is 0.352 e. The molecule has 1 heterocycles. The molecule has 1 aromatic rings. The third-order valence-electron chi connectivity index (χ3n) is 3.87. The van der Waals surface area contributed by atoms with E-state index in [1.165, 1.54) is 6.07 Å². The molecule has 0 aromatic heterocycles. The highest BCUT2D eigenvalue weighted by atomic mass is 79.9. The molecular formula is C16H22BrFN4O. The molecule has 2 rings (SSSR count). The first-order valence-corrected chi connectivity index (χ1v) is 8.51. The van der Waals surface area contributed by atoms with E-state index in [4.69, 9.17) is 0 Å². The number of amides is 1. The number of hydrogen-bond acceptors (Lipinski definition) is 2. The lowest BCUT2D eigenvalue weighted by molar-refractivity contribution is -0.129. The maximum absolute atomic E-state index is 13.8. The fraction of sp³-hybridized carbons (Fsp3) is 0.500. The SMILES string of the molecule is CCC(=O)N1CCC(NC(=NC)NCc2ccc(Br)cc2F)C1. The Kier molecular flexibility index (Phi) is 6.38. The predicted molar refractivity (Wildman–Crippen MR) is 92.7 cm³/mol. The summed E-state index contributed by atoms with van der Waals surface area (Å²) >= 11 is 3.24. The second kappa shape index (κ2) is 8.29. The van der Waals surface area contributed by atoms with Gasteiger partial charge in [0.05, 0.1) is 0 Å². The van der Waals surface area contributed by atoms with Crippen LogP contribution in [0.2, 0.25) is 0 Å². The molecule has 0 spiro atoms. The molecule has 0 aliphatic carbocycles. The number of hydrogen-bond donors (Lipinski definition) is 2. The van der Waals surface area contributed by atoms with Gasteiger partial charge in [0.15, 0.2) is 5.96 Å². The zero-order chi connectivity index (χ0) is 16.8. The van der Waals surface area contributed by atoms with E-state index in [0.717, 1.165) is 13.0 Å². The van der Waals surface area contributed by atoms with Crippen LogP contribution in [0.25, 0.3) is 0 Å². The number of guanidine groups is 1. The van der Waals surface area contributed by atoms with Gasteiger partial charge in [-0.1, -0.05) is 28.9 Å². The number of halogens is 2. The Labute approximate surface area is 144 Å². The number of nitrogens with one attached hydrogen (secondary N) is 2. The second-order valence-corrected chi connectivity index (χ2v) is 6.40. The number of nitrogens with zero attached hydrogens (tertiary/aromatic N) is 2. The van der Waals surface area contributed by atoms with Crippen LogP contribution >= 0.6 is 15.9 Å². The van der Waals surface area contributed by atoms with Crippen molar-refractivity contribution in [2.45, 2.75) is 32.4 Å². The lowest BCUT2D eigenvalue weighted by atomic mass is 10.2. The van der Waals surface area contributed by atoms with Gasteiger partial charge in [0.2, 0.25) is 5.91 Å². The van der Waals surface area contributed by atoms with Gasteiger partial charge in [0.25, 0.3) is 0 Å². The fourth-order valence-corrected chi connectivity index (χ4v) is 2.89. The van der Waals surface area contributed by atoms with Crippen LogP contribution in [0.1, 0.15) is 25.3 Å². The Hall–Kier alpha value is -1.63. The van der Waals surface area contributed by atoms with Crippen LogP contribution in [-0.2, 0) is 11.3 Å². The standard InChI is InChI=1S/C16H22BrFN4O/c1-3-15(23)22-7-6-13(10-22)21-16(19-2)20-9-11-4-5-12(17)8-14(11)18/h4-5,8,13H,3,6-7,9-10H2,1-2H3,(H2,19,20,21). The maximum Gasteiger partial charge on any atom is 0.222 e. The Bertz CT molecular complexity index is 593. The van der Waals surface area contributed by atoms with Gasteiger partial charge in [-0.25, -0.2) is 4.39 Å². The Morgan fingerprint density at radius 2 is 2.30 bits per heavy atom. The normalized spacial score (nSPS) is 18.2. The van der Waals surface area contributed by atoms with Gasteiger partial charge in [-0.15, -0.1) is 0 Å². The van der Waals surface area contributed by atoms with E-state index in [1.54, 1.807) is 13.1 Å². The molecule has 0 bridgehead atoms. The van der Waals surface area contributed by atoms with E-state index in [0.29, 0.717) is 35.5 Å². The van der Waals surface area contributed by atoms with Crippen LogP contribution in [0.5, 0.6) is 0 Å². The van der Waals surface area contributed by atoms with E-state index < -0.39 is 0 Å². The molecule has 1 aliphatic heterocycles. The molecule has 23 heavy (non-hydrogen) atoms. The first-order chi connectivity index (χ1) is 11.0. The molecule has 1 saturated heterocycles. The minimum Gasteiger partial charge on any atom is -0.352 e. The number of carbonyl (C=O) groups is 1. The second-order valence-electron chi connectivity index (χ2n) is 5.48. The molecular weight excluding hydrogens is 363 g/mol. The Morgan fingerprint density at radius 3 is 2.96 bits per heavy atom. The summed E-state index contributed by atoms with van der Waals surface area (Å²) in [5.74, 6) is 0.528. The molecule has 1 fully saturated rings. The molecule has 5 nitrogen and oxygen atoms in total. The summed E-state index contributed by atoms with van der Waals surface area (Å²) in [6, 6.07) is 5.16. The Balaban J connectivity index is 1.86. The molecule has 2 N–H and O–H groups in total. The van der Waals surface area contributed by atoms with Gasteiger partial charge in [0.1, 0.15) is 5.82 Å². The molecule has 0 saturated carbocycles. The summed E-state index contributed by atoms with van der Waals surface area (Å²) in [4.78, 5) is 17.7. The van der Waals surface area contributed by atoms with Gasteiger partial charge in [-0.05, 0) is 18.6 Å². The molecule has 7 heteroatoms. The fourth-order valence-electron chi connectivity index (χ4n) is 2.56. The lowest BCUT2D eigenvalue weighted by Crippen LogP contribution is -2.44. The summed E-state index contributed by atoms with van der Waals surface area (Å²) in [6.07, 6.45) is 1.42. The predicted octanol–water partition coefficient (Wildman–Crippen LogP) is 2.26. The van der Waals surface area contributed by atoms with Crippen molar-refractivity contribution in [2.75, 3.05) is 20.1 Å². The molecule has 0 radical (unpaired) electrons. The third kappa shape index (κ3) is 4.92. The van der Waals surface area contributed by atoms with E-state index >= 15 is 0 Å². The zero-order valence-electron chi connectivity index (χ0n) is 13.4. The van der Waals surface area contributed by atoms with Gasteiger partial charge < -0.3 is 15.5 Å². The van der Waals surface area contributed by atoms with Crippen molar-refractivity contribution < 1.29 is 9.18 Å². The summed E-state index contributed by atoms with van der Waals surface area (Å²) in [5.41, 5.74) is 0.574. The van der Waals surface area contributed by atoms with Gasteiger partial charge in [-0.3, -0.25) is 9.79 Å². The summed E-state index contributed by atoms with van der Waals surface area (Å²) in [7, 11) is 1.68. The number of likely N-dealkylation sites (tertiary alicyclic amines) is 1. The number of carbonyl (C=O) groups excluding carboxylic acids is 1. The van der Waals surface area contributed by atoms with Crippen molar-refractivity contribution in [3.05, 3.63) is 34.1 Å². The highest BCUT2D eigenvalue weighted by molar-refractivity contribution is 9.10. The molecule has 1 amide bonds. The molecule has 126 valence electrons. The highest BCUT2D eigenvalue weighted by Crippen LogP contribution is 2.15. The molecule has 1 aromatic carbocycles. The first-order valence-electron chi connectivity index (χ1n) is 7.72. The van der Waals surface area contributed by atoms with Crippen LogP contribution < -0.4 is 10.6 Å². The minimum atomic E-state index is -0.261. The van der Waals surface area contributed by atoms with Crippen LogP contribution in [-0.4, -0.2) is 42.9 Å². The van der Waals surface area contributed by atoms with Crippen molar-refractivity contribution in [3.63, 3.8) is 0 Å². The lowest BCUT2D eigenvalue weighted by Gasteiger charge is -2.19.